The topological polar surface area (TPSA) is 55.1 Å². The number of fused-ring (bicyclic) bond motifs is 1. The average molecular weight is 488 g/mol. The lowest BCUT2D eigenvalue weighted by molar-refractivity contribution is 0.0460. The third-order valence-electron chi connectivity index (χ3n) is 7.20. The van der Waals surface area contributed by atoms with Crippen molar-refractivity contribution in [2.75, 3.05) is 31.9 Å². The Balaban J connectivity index is 1.38. The zero-order valence-corrected chi connectivity index (χ0v) is 20.7. The SMILES string of the molecule is COc1cc(C=C2CCCN3C2=NC2(CCOCC2)N3c2ccc(F)cc2)ccc1-n1cnc(C)c1. The van der Waals surface area contributed by atoms with Gasteiger partial charge in [-0.3, -0.25) is 10.0 Å². The van der Waals surface area contributed by atoms with Crippen LogP contribution in [-0.2, 0) is 4.74 Å². The molecule has 0 bridgehead atoms. The number of aromatic nitrogens is 2. The number of halogens is 1. The molecule has 0 unspecified atom stereocenters. The van der Waals surface area contributed by atoms with E-state index in [-0.39, 0.29) is 5.82 Å². The lowest BCUT2D eigenvalue weighted by Gasteiger charge is -2.45. The monoisotopic (exact) mass is 487 g/mol. The predicted molar refractivity (Wildman–Crippen MR) is 138 cm³/mol. The predicted octanol–water partition coefficient (Wildman–Crippen LogP) is 5.15. The summed E-state index contributed by atoms with van der Waals surface area (Å²) in [6.45, 7) is 4.17. The van der Waals surface area contributed by atoms with E-state index in [0.717, 1.165) is 66.4 Å². The van der Waals surface area contributed by atoms with Gasteiger partial charge in [0.05, 0.1) is 43.7 Å². The fourth-order valence-corrected chi connectivity index (χ4v) is 5.47. The van der Waals surface area contributed by atoms with Gasteiger partial charge in [0.25, 0.3) is 0 Å². The standard InChI is InChI=1S/C28H30FN5O2/c1-20-18-32(19-30-20)25-10-5-21(17-26(25)35-2)16-22-4-3-13-33-27(22)31-28(11-14-36-15-12-28)34(33)24-8-6-23(29)7-9-24/h5-10,16-19H,3-4,11-15H2,1-2H3. The van der Waals surface area contributed by atoms with Crippen LogP contribution in [0.15, 0.2) is 65.6 Å². The first-order valence-electron chi connectivity index (χ1n) is 12.5. The van der Waals surface area contributed by atoms with E-state index in [4.69, 9.17) is 14.5 Å². The molecular formula is C28H30FN5O2. The van der Waals surface area contributed by atoms with Crippen molar-refractivity contribution < 1.29 is 13.9 Å². The van der Waals surface area contributed by atoms with Gasteiger partial charge in [-0.2, -0.15) is 0 Å². The van der Waals surface area contributed by atoms with Crippen LogP contribution in [-0.4, -0.2) is 52.9 Å². The highest BCUT2D eigenvalue weighted by Crippen LogP contribution is 2.43. The summed E-state index contributed by atoms with van der Waals surface area (Å²) in [6.07, 6.45) is 9.56. The Morgan fingerprint density at radius 2 is 1.92 bits per heavy atom. The fourth-order valence-electron chi connectivity index (χ4n) is 5.47. The van der Waals surface area contributed by atoms with Crippen molar-refractivity contribution in [3.8, 4) is 11.4 Å². The molecule has 8 heteroatoms. The van der Waals surface area contributed by atoms with Crippen LogP contribution < -0.4 is 9.75 Å². The number of rotatable bonds is 4. The highest BCUT2D eigenvalue weighted by Gasteiger charge is 2.49. The molecule has 36 heavy (non-hydrogen) atoms. The van der Waals surface area contributed by atoms with E-state index in [2.05, 4.69) is 39.3 Å². The summed E-state index contributed by atoms with van der Waals surface area (Å²) in [4.78, 5) is 9.69. The van der Waals surface area contributed by atoms with Crippen molar-refractivity contribution >= 4 is 17.6 Å². The van der Waals surface area contributed by atoms with Crippen molar-refractivity contribution in [2.45, 2.75) is 38.3 Å². The van der Waals surface area contributed by atoms with E-state index < -0.39 is 5.66 Å². The van der Waals surface area contributed by atoms with Gasteiger partial charge in [0, 0.05) is 25.6 Å². The first-order chi connectivity index (χ1) is 17.6. The van der Waals surface area contributed by atoms with E-state index >= 15 is 0 Å². The van der Waals surface area contributed by atoms with Crippen LogP contribution in [0.25, 0.3) is 11.8 Å². The average Bonchev–Trinajstić information content (AvgIpc) is 3.46. The van der Waals surface area contributed by atoms with Crippen LogP contribution in [0.4, 0.5) is 10.1 Å². The summed E-state index contributed by atoms with van der Waals surface area (Å²) >= 11 is 0. The molecule has 4 heterocycles. The molecule has 0 N–H and O–H groups in total. The maximum Gasteiger partial charge on any atom is 0.157 e. The summed E-state index contributed by atoms with van der Waals surface area (Å²) < 4.78 is 27.1. The van der Waals surface area contributed by atoms with Gasteiger partial charge in [-0.1, -0.05) is 6.07 Å². The van der Waals surface area contributed by atoms with Gasteiger partial charge in [-0.05, 0) is 73.4 Å². The Labute approximate surface area is 210 Å². The Kier molecular flexibility index (Phi) is 5.76. The van der Waals surface area contributed by atoms with Crippen LogP contribution in [0.3, 0.4) is 0 Å². The highest BCUT2D eigenvalue weighted by molar-refractivity contribution is 6.05. The molecule has 2 fully saturated rings. The van der Waals surface area contributed by atoms with Gasteiger partial charge < -0.3 is 14.0 Å². The minimum atomic E-state index is -0.407. The Bertz CT molecular complexity index is 1320. The molecule has 2 saturated heterocycles. The maximum absolute atomic E-state index is 13.7. The minimum absolute atomic E-state index is 0.234. The molecule has 3 aliphatic heterocycles. The number of imidazole rings is 1. The molecule has 1 aromatic heterocycles. The second kappa shape index (κ2) is 9.09. The summed E-state index contributed by atoms with van der Waals surface area (Å²) in [6, 6.07) is 13.0. The molecule has 0 atom stereocenters. The largest absolute Gasteiger partial charge is 0.495 e. The van der Waals surface area contributed by atoms with Crippen LogP contribution in [0.2, 0.25) is 0 Å². The molecule has 1 spiro atoms. The number of ether oxygens (including phenoxy) is 2. The van der Waals surface area contributed by atoms with Crippen molar-refractivity contribution in [2.24, 2.45) is 4.99 Å². The van der Waals surface area contributed by atoms with Gasteiger partial charge in [0.1, 0.15) is 17.4 Å². The number of anilines is 1. The lowest BCUT2D eigenvalue weighted by atomic mass is 9.99. The lowest BCUT2D eigenvalue weighted by Crippen LogP contribution is -2.56. The number of methoxy groups -OCH3 is 1. The third-order valence-corrected chi connectivity index (χ3v) is 7.20. The van der Waals surface area contributed by atoms with Crippen LogP contribution >= 0.6 is 0 Å². The van der Waals surface area contributed by atoms with Crippen molar-refractivity contribution in [3.05, 3.63) is 77.6 Å². The maximum atomic E-state index is 13.7. The molecule has 0 saturated carbocycles. The van der Waals surface area contributed by atoms with E-state index in [9.17, 15) is 4.39 Å². The number of hydrazine groups is 1. The molecule has 2 aromatic carbocycles. The van der Waals surface area contributed by atoms with E-state index in [1.165, 1.54) is 17.7 Å². The van der Waals surface area contributed by atoms with Crippen LogP contribution in [0.5, 0.6) is 5.75 Å². The van der Waals surface area contributed by atoms with Crippen LogP contribution in [0, 0.1) is 12.7 Å². The second-order valence-electron chi connectivity index (χ2n) is 9.57. The second-order valence-corrected chi connectivity index (χ2v) is 9.57. The van der Waals surface area contributed by atoms with Gasteiger partial charge in [-0.15, -0.1) is 0 Å². The number of hydrogen-bond donors (Lipinski definition) is 0. The van der Waals surface area contributed by atoms with Crippen molar-refractivity contribution in [1.82, 2.24) is 14.6 Å². The van der Waals surface area contributed by atoms with E-state index in [1.54, 1.807) is 13.4 Å². The number of nitrogens with zero attached hydrogens (tertiary/aromatic N) is 5. The van der Waals surface area contributed by atoms with E-state index in [1.807, 2.05) is 29.8 Å². The van der Waals surface area contributed by atoms with Gasteiger partial charge in [-0.25, -0.2) is 14.4 Å². The first-order valence-corrected chi connectivity index (χ1v) is 12.5. The molecular weight excluding hydrogens is 457 g/mol. The number of amidine groups is 1. The molecule has 0 aliphatic carbocycles. The fraction of sp³-hybridized carbons (Fsp3) is 0.357. The molecule has 0 radical (unpaired) electrons. The van der Waals surface area contributed by atoms with Crippen molar-refractivity contribution in [1.29, 1.82) is 0 Å². The van der Waals surface area contributed by atoms with Crippen molar-refractivity contribution in [3.63, 3.8) is 0 Å². The number of piperidine rings is 1. The Morgan fingerprint density at radius 3 is 2.64 bits per heavy atom. The summed E-state index contributed by atoms with van der Waals surface area (Å²) in [5, 5.41) is 4.57. The summed E-state index contributed by atoms with van der Waals surface area (Å²) in [7, 11) is 1.69. The van der Waals surface area contributed by atoms with Gasteiger partial charge in [0.15, 0.2) is 5.66 Å². The molecule has 6 rings (SSSR count). The molecule has 3 aromatic rings. The molecule has 3 aliphatic rings. The van der Waals surface area contributed by atoms with Crippen LogP contribution in [0.1, 0.15) is 36.9 Å². The number of hydrogen-bond acceptors (Lipinski definition) is 6. The minimum Gasteiger partial charge on any atom is -0.495 e. The molecule has 186 valence electrons. The molecule has 7 nitrogen and oxygen atoms in total. The Morgan fingerprint density at radius 1 is 1.11 bits per heavy atom. The zero-order valence-electron chi connectivity index (χ0n) is 20.7. The Hall–Kier alpha value is -3.65. The number of benzene rings is 2. The van der Waals surface area contributed by atoms with Gasteiger partial charge in [0.2, 0.25) is 0 Å². The molecule has 0 amide bonds. The first kappa shape index (κ1) is 22.8. The number of aryl methyl sites for hydroxylation is 1. The van der Waals surface area contributed by atoms with E-state index in [0.29, 0.717) is 13.2 Å². The smallest absolute Gasteiger partial charge is 0.157 e. The zero-order chi connectivity index (χ0) is 24.7. The summed E-state index contributed by atoms with van der Waals surface area (Å²) in [5.41, 5.74) is 4.72. The summed E-state index contributed by atoms with van der Waals surface area (Å²) in [5.74, 6) is 1.56. The highest BCUT2D eigenvalue weighted by atomic mass is 19.1. The normalized spacial score (nSPS) is 20.1. The number of aliphatic imine (C=N–C) groups is 1. The third kappa shape index (κ3) is 3.95. The quantitative estimate of drug-likeness (QED) is 0.510. The van der Waals surface area contributed by atoms with Gasteiger partial charge >= 0.3 is 0 Å².